The fraction of sp³-hybridized carbons (Fsp3) is 0.565. The molecule has 9 nitrogen and oxygen atoms in total. The van der Waals surface area contributed by atoms with Crippen LogP contribution in [-0.4, -0.2) is 62.3 Å². The summed E-state index contributed by atoms with van der Waals surface area (Å²) < 4.78 is 18.5. The number of ether oxygens (including phenoxy) is 2. The summed E-state index contributed by atoms with van der Waals surface area (Å²) in [4.78, 5) is 19.0. The number of fused-ring (bicyclic) bond motifs is 1. The molecular formula is C23H29N5O4. The van der Waals surface area contributed by atoms with Gasteiger partial charge in [0.25, 0.3) is 5.89 Å². The van der Waals surface area contributed by atoms with Gasteiger partial charge in [-0.15, -0.1) is 0 Å². The maximum absolute atomic E-state index is 12.5. The summed E-state index contributed by atoms with van der Waals surface area (Å²) in [7, 11) is 0. The van der Waals surface area contributed by atoms with E-state index in [1.165, 1.54) is 0 Å². The number of hydrogen-bond acceptors (Lipinski definition) is 7. The van der Waals surface area contributed by atoms with Gasteiger partial charge < -0.3 is 18.9 Å². The first kappa shape index (κ1) is 20.9. The van der Waals surface area contributed by atoms with Gasteiger partial charge in [-0.05, 0) is 52.7 Å². The number of likely N-dealkylation sites (tertiary alicyclic amines) is 1. The van der Waals surface area contributed by atoms with Crippen LogP contribution in [0, 0.1) is 0 Å². The molecule has 5 rings (SSSR count). The number of piperidine rings is 1. The van der Waals surface area contributed by atoms with Gasteiger partial charge >= 0.3 is 6.09 Å². The summed E-state index contributed by atoms with van der Waals surface area (Å²) in [6.45, 7) is 9.67. The summed E-state index contributed by atoms with van der Waals surface area (Å²) in [5.41, 5.74) is 1.41. The predicted molar refractivity (Wildman–Crippen MR) is 117 cm³/mol. The molecule has 0 N–H and O–H groups in total. The number of benzene rings is 1. The smallest absolute Gasteiger partial charge is 0.410 e. The highest BCUT2D eigenvalue weighted by atomic mass is 16.6. The van der Waals surface area contributed by atoms with Crippen molar-refractivity contribution >= 4 is 17.0 Å². The Morgan fingerprint density at radius 1 is 1.25 bits per heavy atom. The fourth-order valence-corrected chi connectivity index (χ4v) is 4.34. The second-order valence-electron chi connectivity index (χ2n) is 9.76. The van der Waals surface area contributed by atoms with E-state index in [1.807, 2.05) is 56.8 Å². The minimum absolute atomic E-state index is 0.0425. The molecule has 0 saturated carbocycles. The number of hydrogen-bond donors (Lipinski definition) is 0. The fourth-order valence-electron chi connectivity index (χ4n) is 4.34. The Hall–Kier alpha value is -2.94. The van der Waals surface area contributed by atoms with Gasteiger partial charge in [0.15, 0.2) is 5.82 Å². The van der Waals surface area contributed by atoms with Gasteiger partial charge in [0, 0.05) is 29.5 Å². The van der Waals surface area contributed by atoms with Crippen molar-refractivity contribution in [1.82, 2.24) is 24.8 Å². The SMILES string of the molecule is C[C@H]1C[C@@H](c2noc(-c3ccc4cnn(C5COC5)c4c3)n2)CCN1C(=O)OC(C)(C)C. The lowest BCUT2D eigenvalue weighted by Gasteiger charge is -2.37. The molecular weight excluding hydrogens is 410 g/mol. The summed E-state index contributed by atoms with van der Waals surface area (Å²) in [5, 5.41) is 9.85. The van der Waals surface area contributed by atoms with Crippen LogP contribution in [0.5, 0.6) is 0 Å². The second-order valence-corrected chi connectivity index (χ2v) is 9.76. The zero-order chi connectivity index (χ0) is 22.5. The highest BCUT2D eigenvalue weighted by Gasteiger charge is 2.34. The molecule has 170 valence electrons. The number of nitrogens with zero attached hydrogens (tertiary/aromatic N) is 5. The molecule has 2 atom stereocenters. The number of aromatic nitrogens is 4. The first-order chi connectivity index (χ1) is 15.3. The third kappa shape index (κ3) is 3.97. The first-order valence-corrected chi connectivity index (χ1v) is 11.2. The van der Waals surface area contributed by atoms with E-state index < -0.39 is 5.60 Å². The highest BCUT2D eigenvalue weighted by molar-refractivity contribution is 5.83. The average Bonchev–Trinajstić information content (AvgIpc) is 3.33. The average molecular weight is 440 g/mol. The maximum atomic E-state index is 12.5. The Morgan fingerprint density at radius 2 is 2.06 bits per heavy atom. The lowest BCUT2D eigenvalue weighted by Crippen LogP contribution is -2.46. The zero-order valence-corrected chi connectivity index (χ0v) is 18.9. The molecule has 1 aromatic carbocycles. The van der Waals surface area contributed by atoms with Crippen molar-refractivity contribution in [2.75, 3.05) is 19.8 Å². The van der Waals surface area contributed by atoms with Gasteiger partial charge in [-0.3, -0.25) is 4.68 Å². The summed E-state index contributed by atoms with van der Waals surface area (Å²) >= 11 is 0. The minimum Gasteiger partial charge on any atom is -0.444 e. The molecule has 32 heavy (non-hydrogen) atoms. The van der Waals surface area contributed by atoms with Crippen LogP contribution in [0.2, 0.25) is 0 Å². The molecule has 2 saturated heterocycles. The van der Waals surface area contributed by atoms with Crippen LogP contribution >= 0.6 is 0 Å². The van der Waals surface area contributed by atoms with E-state index in [4.69, 9.17) is 19.0 Å². The number of amides is 1. The lowest BCUT2D eigenvalue weighted by atomic mass is 9.91. The van der Waals surface area contributed by atoms with Crippen molar-refractivity contribution in [1.29, 1.82) is 0 Å². The molecule has 2 aliphatic heterocycles. The molecule has 0 spiro atoms. The van der Waals surface area contributed by atoms with E-state index in [-0.39, 0.29) is 24.1 Å². The van der Waals surface area contributed by atoms with E-state index in [0.717, 1.165) is 29.3 Å². The van der Waals surface area contributed by atoms with Gasteiger partial charge in [-0.1, -0.05) is 11.2 Å². The van der Waals surface area contributed by atoms with E-state index in [0.29, 0.717) is 31.5 Å². The van der Waals surface area contributed by atoms with Gasteiger partial charge in [-0.2, -0.15) is 10.1 Å². The van der Waals surface area contributed by atoms with Crippen LogP contribution in [0.15, 0.2) is 28.9 Å². The van der Waals surface area contributed by atoms with E-state index in [9.17, 15) is 4.79 Å². The van der Waals surface area contributed by atoms with Crippen molar-refractivity contribution in [3.05, 3.63) is 30.2 Å². The molecule has 2 fully saturated rings. The number of carbonyl (C=O) groups is 1. The highest BCUT2D eigenvalue weighted by Crippen LogP contribution is 2.33. The number of carbonyl (C=O) groups excluding carboxylic acids is 1. The molecule has 3 aromatic rings. The molecule has 2 aliphatic rings. The second kappa shape index (κ2) is 7.88. The topological polar surface area (TPSA) is 95.5 Å². The Bertz CT molecular complexity index is 1130. The van der Waals surface area contributed by atoms with E-state index in [1.54, 1.807) is 4.90 Å². The van der Waals surface area contributed by atoms with Crippen LogP contribution in [0.25, 0.3) is 22.4 Å². The van der Waals surface area contributed by atoms with Crippen molar-refractivity contribution in [2.24, 2.45) is 0 Å². The Labute approximate surface area is 186 Å². The first-order valence-electron chi connectivity index (χ1n) is 11.2. The Morgan fingerprint density at radius 3 is 2.75 bits per heavy atom. The van der Waals surface area contributed by atoms with Crippen LogP contribution in [0.1, 0.15) is 58.3 Å². The summed E-state index contributed by atoms with van der Waals surface area (Å²) in [6, 6.07) is 6.37. The minimum atomic E-state index is -0.502. The monoisotopic (exact) mass is 439 g/mol. The van der Waals surface area contributed by atoms with Gasteiger partial charge in [0.05, 0.1) is 31.0 Å². The quantitative estimate of drug-likeness (QED) is 0.605. The van der Waals surface area contributed by atoms with Crippen LogP contribution < -0.4 is 0 Å². The van der Waals surface area contributed by atoms with Gasteiger partial charge in [0.2, 0.25) is 0 Å². The molecule has 2 aromatic heterocycles. The molecule has 4 heterocycles. The van der Waals surface area contributed by atoms with E-state index in [2.05, 4.69) is 10.3 Å². The Balaban J connectivity index is 1.31. The van der Waals surface area contributed by atoms with Gasteiger partial charge in [0.1, 0.15) is 5.60 Å². The molecule has 0 aliphatic carbocycles. The third-order valence-corrected chi connectivity index (χ3v) is 6.12. The van der Waals surface area contributed by atoms with Crippen molar-refractivity contribution in [3.8, 4) is 11.5 Å². The lowest BCUT2D eigenvalue weighted by molar-refractivity contribution is -0.0266. The largest absolute Gasteiger partial charge is 0.444 e. The van der Waals surface area contributed by atoms with Crippen LogP contribution in [0.4, 0.5) is 4.79 Å². The van der Waals surface area contributed by atoms with E-state index >= 15 is 0 Å². The Kier molecular flexibility index (Phi) is 5.16. The molecule has 1 amide bonds. The molecule has 0 bridgehead atoms. The van der Waals surface area contributed by atoms with Crippen molar-refractivity contribution in [3.63, 3.8) is 0 Å². The van der Waals surface area contributed by atoms with Crippen LogP contribution in [-0.2, 0) is 9.47 Å². The molecule has 9 heteroatoms. The van der Waals surface area contributed by atoms with Crippen molar-refractivity contribution < 1.29 is 18.8 Å². The van der Waals surface area contributed by atoms with Crippen LogP contribution in [0.3, 0.4) is 0 Å². The number of rotatable bonds is 3. The molecule has 0 radical (unpaired) electrons. The zero-order valence-electron chi connectivity index (χ0n) is 18.9. The van der Waals surface area contributed by atoms with Gasteiger partial charge in [-0.25, -0.2) is 4.79 Å². The predicted octanol–water partition coefficient (Wildman–Crippen LogP) is 4.16. The standard InChI is InChI=1S/C23H29N5O4/c1-14-9-15(7-8-27(14)22(29)31-23(2,3)4)20-25-21(32-26-20)16-5-6-17-11-24-28(19(17)10-16)18-12-30-13-18/h5-6,10-11,14-15,18H,7-9,12-13H2,1-4H3/t14-,15-/m0/s1. The summed E-state index contributed by atoms with van der Waals surface area (Å²) in [6.07, 6.45) is 3.15. The summed E-state index contributed by atoms with van der Waals surface area (Å²) in [5.74, 6) is 1.33. The normalized spacial score (nSPS) is 22.2. The molecule has 0 unspecified atom stereocenters. The third-order valence-electron chi connectivity index (χ3n) is 6.12. The maximum Gasteiger partial charge on any atom is 0.410 e. The van der Waals surface area contributed by atoms with Crippen molar-refractivity contribution in [2.45, 2.75) is 64.1 Å².